The third-order valence-corrected chi connectivity index (χ3v) is 8.12. The smallest absolute Gasteiger partial charge is 0.195 e. The zero-order valence-electron chi connectivity index (χ0n) is 15.9. The summed E-state index contributed by atoms with van der Waals surface area (Å²) >= 11 is 1.18. The Kier molecular flexibility index (Phi) is 5.53. The number of methoxy groups -OCH3 is 1. The molecule has 1 N–H and O–H groups in total. The lowest BCUT2D eigenvalue weighted by Crippen LogP contribution is -2.43. The Balaban J connectivity index is 1.63. The number of hydrogen-bond donors (Lipinski definition) is 1. The topological polar surface area (TPSA) is 88.6 Å². The zero-order chi connectivity index (χ0) is 20.4. The second kappa shape index (κ2) is 8.10. The number of ketones is 1. The maximum absolute atomic E-state index is 12.9. The van der Waals surface area contributed by atoms with Gasteiger partial charge in [0.05, 0.1) is 7.11 Å². The summed E-state index contributed by atoms with van der Waals surface area (Å²) in [4.78, 5) is 19.2. The average molecular weight is 432 g/mol. The van der Waals surface area contributed by atoms with E-state index in [0.29, 0.717) is 11.3 Å². The van der Waals surface area contributed by atoms with Crippen LogP contribution in [0.1, 0.15) is 10.4 Å². The molecule has 7 nitrogen and oxygen atoms in total. The molecule has 0 saturated carbocycles. The summed E-state index contributed by atoms with van der Waals surface area (Å²) in [6.07, 6.45) is 1.70. The monoisotopic (exact) mass is 431 g/mol. The van der Waals surface area contributed by atoms with Crippen LogP contribution >= 0.6 is 11.3 Å². The van der Waals surface area contributed by atoms with Crippen LogP contribution in [0, 0.1) is 0 Å². The van der Waals surface area contributed by atoms with E-state index in [1.807, 2.05) is 6.07 Å². The van der Waals surface area contributed by atoms with Crippen LogP contribution in [-0.4, -0.2) is 58.2 Å². The number of aromatic nitrogens is 1. The number of hydrogen-bond acceptors (Lipinski definition) is 8. The van der Waals surface area contributed by atoms with Crippen LogP contribution in [0.25, 0.3) is 10.1 Å². The predicted molar refractivity (Wildman–Crippen MR) is 114 cm³/mol. The normalized spacial score (nSPS) is 14.9. The maximum Gasteiger partial charge on any atom is 0.195 e. The van der Waals surface area contributed by atoms with Crippen molar-refractivity contribution in [3.05, 3.63) is 48.2 Å². The van der Waals surface area contributed by atoms with Crippen molar-refractivity contribution in [3.63, 3.8) is 0 Å². The summed E-state index contributed by atoms with van der Waals surface area (Å²) in [5.41, 5.74) is 0.317. The number of ether oxygens (including phenoxy) is 1. The number of anilines is 1. The van der Waals surface area contributed by atoms with Gasteiger partial charge in [-0.3, -0.25) is 4.79 Å². The van der Waals surface area contributed by atoms with Crippen LogP contribution in [0.4, 0.5) is 5.82 Å². The largest absolute Gasteiger partial charge is 0.497 e. The molecule has 0 amide bonds. The molecule has 3 heterocycles. The van der Waals surface area contributed by atoms with Gasteiger partial charge in [-0.1, -0.05) is 12.1 Å². The highest BCUT2D eigenvalue weighted by atomic mass is 32.2. The van der Waals surface area contributed by atoms with Gasteiger partial charge in [-0.05, 0) is 24.3 Å². The Labute approximate surface area is 173 Å². The van der Waals surface area contributed by atoms with Crippen LogP contribution in [-0.2, 0) is 9.84 Å². The lowest BCUT2D eigenvalue weighted by molar-refractivity contribution is 0.102. The lowest BCUT2D eigenvalue weighted by Gasteiger charge is -2.28. The van der Waals surface area contributed by atoms with E-state index in [1.165, 1.54) is 18.4 Å². The number of sulfone groups is 1. The van der Waals surface area contributed by atoms with Crippen molar-refractivity contribution in [1.29, 1.82) is 0 Å². The van der Waals surface area contributed by atoms with Gasteiger partial charge in [0.15, 0.2) is 15.6 Å². The van der Waals surface area contributed by atoms with E-state index in [2.05, 4.69) is 15.2 Å². The molecule has 1 aliphatic rings. The Bertz CT molecular complexity index is 1150. The van der Waals surface area contributed by atoms with Gasteiger partial charge in [-0.25, -0.2) is 13.4 Å². The number of benzene rings is 1. The highest BCUT2D eigenvalue weighted by Gasteiger charge is 2.25. The highest BCUT2D eigenvalue weighted by Crippen LogP contribution is 2.35. The van der Waals surface area contributed by atoms with Crippen molar-refractivity contribution in [2.24, 2.45) is 0 Å². The molecule has 0 radical (unpaired) electrons. The van der Waals surface area contributed by atoms with Crippen molar-refractivity contribution in [2.45, 2.75) is 4.21 Å². The predicted octanol–water partition coefficient (Wildman–Crippen LogP) is 2.37. The first-order valence-corrected chi connectivity index (χ1v) is 11.7. The van der Waals surface area contributed by atoms with E-state index in [9.17, 15) is 13.2 Å². The minimum atomic E-state index is -3.77. The molecule has 1 saturated heterocycles. The van der Waals surface area contributed by atoms with Crippen molar-refractivity contribution in [2.75, 3.05) is 43.9 Å². The summed E-state index contributed by atoms with van der Waals surface area (Å²) in [5.74, 6) is 0.271. The molecule has 1 fully saturated rings. The Morgan fingerprint density at radius 1 is 1.24 bits per heavy atom. The molecule has 29 heavy (non-hydrogen) atoms. The molecule has 1 aromatic carbocycles. The molecule has 0 aliphatic carbocycles. The summed E-state index contributed by atoms with van der Waals surface area (Å²) in [7, 11) is -2.27. The van der Waals surface area contributed by atoms with E-state index in [0.717, 1.165) is 42.1 Å². The number of nitrogens with one attached hydrogen (secondary N) is 1. The number of fused-ring (bicyclic) bond motifs is 1. The van der Waals surface area contributed by atoms with Gasteiger partial charge in [0, 0.05) is 48.0 Å². The van der Waals surface area contributed by atoms with Crippen molar-refractivity contribution in [3.8, 4) is 5.75 Å². The van der Waals surface area contributed by atoms with Crippen LogP contribution in [0.3, 0.4) is 0 Å². The molecule has 3 aromatic rings. The standard InChI is InChI=1S/C20H21N3O4S2/c1-27-15-4-2-3-14(11-15)17(24)13-29(25,26)19-12-16-18(28-19)5-6-22-20(16)23-9-7-21-8-10-23/h2-6,11-12,21H,7-10,13H2,1H3. The molecule has 152 valence electrons. The fourth-order valence-corrected chi connectivity index (χ4v) is 6.02. The van der Waals surface area contributed by atoms with Gasteiger partial charge in [0.2, 0.25) is 0 Å². The molecule has 0 atom stereocenters. The summed E-state index contributed by atoms with van der Waals surface area (Å²) in [6, 6.07) is 9.99. The van der Waals surface area contributed by atoms with Gasteiger partial charge >= 0.3 is 0 Å². The first kappa shape index (κ1) is 19.8. The summed E-state index contributed by atoms with van der Waals surface area (Å²) in [5, 5.41) is 4.11. The second-order valence-electron chi connectivity index (χ2n) is 6.76. The molecule has 1 aliphatic heterocycles. The van der Waals surface area contributed by atoms with Crippen LogP contribution in [0.15, 0.2) is 46.8 Å². The minimum Gasteiger partial charge on any atom is -0.497 e. The molecular weight excluding hydrogens is 410 g/mol. The van der Waals surface area contributed by atoms with Crippen LogP contribution in [0.5, 0.6) is 5.75 Å². The third-order valence-electron chi connectivity index (χ3n) is 4.84. The Hall–Kier alpha value is -2.49. The van der Waals surface area contributed by atoms with E-state index in [-0.39, 0.29) is 4.21 Å². The van der Waals surface area contributed by atoms with Gasteiger partial charge < -0.3 is 15.0 Å². The van der Waals surface area contributed by atoms with Gasteiger partial charge in [-0.2, -0.15) is 0 Å². The Morgan fingerprint density at radius 3 is 2.79 bits per heavy atom. The number of piperazine rings is 1. The first-order chi connectivity index (χ1) is 14.0. The molecule has 2 aromatic heterocycles. The number of rotatable bonds is 6. The zero-order valence-corrected chi connectivity index (χ0v) is 17.6. The molecular formula is C20H21N3O4S2. The number of Topliss-reactive ketones (excluding diaryl/α,β-unsaturated/α-hetero) is 1. The van der Waals surface area contributed by atoms with Gasteiger partial charge in [0.1, 0.15) is 21.5 Å². The number of carbonyl (C=O) groups is 1. The Morgan fingerprint density at radius 2 is 2.03 bits per heavy atom. The summed E-state index contributed by atoms with van der Waals surface area (Å²) < 4.78 is 32.0. The molecule has 9 heteroatoms. The third kappa shape index (κ3) is 4.12. The minimum absolute atomic E-state index is 0.188. The number of thiophene rings is 1. The average Bonchev–Trinajstić information content (AvgIpc) is 3.19. The van der Waals surface area contributed by atoms with Crippen molar-refractivity contribution in [1.82, 2.24) is 10.3 Å². The van der Waals surface area contributed by atoms with Crippen LogP contribution in [0.2, 0.25) is 0 Å². The molecule has 0 unspecified atom stereocenters. The number of pyridine rings is 1. The van der Waals surface area contributed by atoms with Crippen molar-refractivity contribution >= 4 is 42.9 Å². The van der Waals surface area contributed by atoms with E-state index in [1.54, 1.807) is 36.5 Å². The van der Waals surface area contributed by atoms with E-state index in [4.69, 9.17) is 4.74 Å². The number of carbonyl (C=O) groups excluding carboxylic acids is 1. The van der Waals surface area contributed by atoms with E-state index >= 15 is 0 Å². The lowest BCUT2D eigenvalue weighted by atomic mass is 10.1. The van der Waals surface area contributed by atoms with Gasteiger partial charge in [-0.15, -0.1) is 11.3 Å². The highest BCUT2D eigenvalue weighted by molar-refractivity contribution is 7.94. The SMILES string of the molecule is COc1cccc(C(=O)CS(=O)(=O)c2cc3c(N4CCNCC4)nccc3s2)c1. The molecule has 0 bridgehead atoms. The maximum atomic E-state index is 12.9. The fraction of sp³-hybridized carbons (Fsp3) is 0.300. The van der Waals surface area contributed by atoms with Crippen molar-refractivity contribution < 1.29 is 17.9 Å². The molecule has 0 spiro atoms. The number of nitrogens with zero attached hydrogens (tertiary/aromatic N) is 2. The quantitative estimate of drug-likeness (QED) is 0.600. The molecule has 4 rings (SSSR count). The summed E-state index contributed by atoms with van der Waals surface area (Å²) in [6.45, 7) is 3.36. The van der Waals surface area contributed by atoms with Gasteiger partial charge in [0.25, 0.3) is 0 Å². The fourth-order valence-electron chi connectivity index (χ4n) is 3.33. The van der Waals surface area contributed by atoms with E-state index < -0.39 is 21.4 Å². The first-order valence-electron chi connectivity index (χ1n) is 9.22. The van der Waals surface area contributed by atoms with Crippen LogP contribution < -0.4 is 15.0 Å². The second-order valence-corrected chi connectivity index (χ2v) is 10.1.